The largest absolute Gasteiger partial charge is 0.370 e. The van der Waals surface area contributed by atoms with Crippen LogP contribution in [0.5, 0.6) is 0 Å². The van der Waals surface area contributed by atoms with E-state index in [9.17, 15) is 18.0 Å². The number of hydrogen-bond donors (Lipinski definition) is 5. The monoisotopic (exact) mass is 827 g/mol. The molecule has 7 N–H and O–H groups in total. The number of aliphatic imine (C=N–C) groups is 1. The molecule has 1 saturated heterocycles. The molecule has 4 heterocycles. The summed E-state index contributed by atoms with van der Waals surface area (Å²) in [7, 11) is -3.56. The number of nitrogens with one attached hydrogen (secondary N) is 3. The zero-order valence-corrected chi connectivity index (χ0v) is 36.3. The van der Waals surface area contributed by atoms with Crippen LogP contribution in [0, 0.1) is 6.92 Å². The number of H-pyrrole nitrogens is 1. The van der Waals surface area contributed by atoms with Crippen molar-refractivity contribution in [2.24, 2.45) is 16.5 Å². The first-order valence-corrected chi connectivity index (χ1v) is 21.7. The topological polar surface area (TPSA) is 211 Å². The minimum Gasteiger partial charge on any atom is -0.370 e. The molecule has 15 nitrogen and oxygen atoms in total. The number of rotatable bonds is 13. The highest BCUT2D eigenvalue weighted by Gasteiger charge is 2.32. The van der Waals surface area contributed by atoms with Gasteiger partial charge in [0, 0.05) is 66.7 Å². The molecule has 318 valence electrons. The molecular weight excluding hydrogens is 767 g/mol. The van der Waals surface area contributed by atoms with Gasteiger partial charge in [0.25, 0.3) is 5.91 Å². The van der Waals surface area contributed by atoms with Crippen LogP contribution in [0.25, 0.3) is 16.7 Å². The van der Waals surface area contributed by atoms with Crippen molar-refractivity contribution in [1.82, 2.24) is 39.3 Å². The second-order valence-electron chi connectivity index (χ2n) is 17.0. The molecule has 6 rings (SSSR count). The summed E-state index contributed by atoms with van der Waals surface area (Å²) in [5.74, 6) is -0.165. The van der Waals surface area contributed by atoms with Crippen molar-refractivity contribution in [3.8, 4) is 5.69 Å². The second kappa shape index (κ2) is 19.2. The summed E-state index contributed by atoms with van der Waals surface area (Å²) >= 11 is 0. The van der Waals surface area contributed by atoms with Crippen molar-refractivity contribution >= 4 is 32.9 Å². The predicted octanol–water partition coefficient (Wildman–Crippen LogP) is 4.73. The van der Waals surface area contributed by atoms with Gasteiger partial charge < -0.3 is 27.1 Å². The average molecular weight is 828 g/mol. The van der Waals surface area contributed by atoms with Gasteiger partial charge in [-0.05, 0) is 105 Å². The number of piperidine rings is 1. The SMILES string of the molecule is CC(C)(C)c1cc2cn(-c3ccc(C(=O)NCCCN=C(N)N)cc3)c(=O)nc2[nH]1.Cc1ccn(CCCN(C2CCNCC2)S(=O)(=O)c2cccc(C(C)(C)C)c2)n1. The number of aromatic amines is 1. The van der Waals surface area contributed by atoms with Gasteiger partial charge in [-0.2, -0.15) is 14.4 Å². The van der Waals surface area contributed by atoms with Crippen molar-refractivity contribution in [2.75, 3.05) is 32.7 Å². The molecule has 0 spiro atoms. The number of carbonyl (C=O) groups is 1. The summed E-state index contributed by atoms with van der Waals surface area (Å²) in [6.07, 6.45) is 6.78. The Morgan fingerprint density at radius 2 is 1.69 bits per heavy atom. The normalized spacial score (nSPS) is 13.9. The van der Waals surface area contributed by atoms with Crippen molar-refractivity contribution in [1.29, 1.82) is 0 Å². The van der Waals surface area contributed by atoms with E-state index >= 15 is 0 Å². The van der Waals surface area contributed by atoms with E-state index in [0.717, 1.165) is 54.7 Å². The quantitative estimate of drug-likeness (QED) is 0.0630. The van der Waals surface area contributed by atoms with Gasteiger partial charge in [0.05, 0.1) is 16.3 Å². The molecule has 0 atom stereocenters. The Balaban J connectivity index is 0.000000224. The van der Waals surface area contributed by atoms with E-state index in [1.807, 2.05) is 48.1 Å². The van der Waals surface area contributed by atoms with Crippen LogP contribution in [-0.2, 0) is 27.4 Å². The number of aryl methyl sites for hydroxylation is 2. The Hall–Kier alpha value is -5.32. The molecule has 1 aliphatic rings. The lowest BCUT2D eigenvalue weighted by Crippen LogP contribution is -2.46. The third-order valence-corrected chi connectivity index (χ3v) is 12.1. The van der Waals surface area contributed by atoms with Crippen LogP contribution in [0.2, 0.25) is 0 Å². The van der Waals surface area contributed by atoms with Gasteiger partial charge in [0.1, 0.15) is 5.65 Å². The van der Waals surface area contributed by atoms with E-state index in [1.165, 1.54) is 4.57 Å². The van der Waals surface area contributed by atoms with Crippen LogP contribution >= 0.6 is 0 Å². The minimum atomic E-state index is -3.56. The van der Waals surface area contributed by atoms with Crippen LogP contribution in [0.4, 0.5) is 0 Å². The second-order valence-corrected chi connectivity index (χ2v) is 18.9. The highest BCUT2D eigenvalue weighted by Crippen LogP contribution is 2.29. The molecule has 59 heavy (non-hydrogen) atoms. The van der Waals surface area contributed by atoms with Crippen LogP contribution in [0.3, 0.4) is 0 Å². The predicted molar refractivity (Wildman–Crippen MR) is 235 cm³/mol. The molecular formula is C43H61N11O4S. The Morgan fingerprint density at radius 3 is 2.32 bits per heavy atom. The fraction of sp³-hybridized carbons (Fsp3) is 0.465. The van der Waals surface area contributed by atoms with Crippen molar-refractivity contribution in [3.05, 3.63) is 106 Å². The van der Waals surface area contributed by atoms with Gasteiger partial charge in [-0.1, -0.05) is 53.7 Å². The summed E-state index contributed by atoms with van der Waals surface area (Å²) < 4.78 is 32.4. The first kappa shape index (κ1) is 44.8. The summed E-state index contributed by atoms with van der Waals surface area (Å²) in [6, 6.07) is 18.3. The average Bonchev–Trinajstić information content (AvgIpc) is 3.81. The highest BCUT2D eigenvalue weighted by atomic mass is 32.2. The van der Waals surface area contributed by atoms with Gasteiger partial charge in [-0.3, -0.25) is 19.0 Å². The smallest absolute Gasteiger partial charge is 0.354 e. The molecule has 2 aromatic carbocycles. The molecule has 0 radical (unpaired) electrons. The maximum absolute atomic E-state index is 13.6. The number of amides is 1. The molecule has 0 saturated carbocycles. The standard InChI is InChI=1S/C22H34N4O2S.C21H27N7O2/c1-18-11-16-25(24-18)14-6-15-26(20-9-12-23-13-10-20)29(27,28)21-8-5-7-19(17-21)22(2,3)4;1-21(2,3)16-11-14-12-28(20(30)27-17(14)26-16)15-7-5-13(6-8-15)18(29)24-9-4-10-25-19(22)23/h5,7-8,11,16-17,20,23H,6,9-10,12-15H2,1-4H3;5-8,11-12H,4,9-10H2,1-3H3,(H,24,29)(H4,22,23,25)(H,26,27,30). The van der Waals surface area contributed by atoms with Gasteiger partial charge in [-0.25, -0.2) is 13.2 Å². The molecule has 0 unspecified atom stereocenters. The summed E-state index contributed by atoms with van der Waals surface area (Å²) in [6.45, 7) is 18.4. The molecule has 1 aliphatic heterocycles. The van der Waals surface area contributed by atoms with Crippen LogP contribution in [0.15, 0.2) is 87.7 Å². The van der Waals surface area contributed by atoms with E-state index in [2.05, 4.69) is 72.2 Å². The van der Waals surface area contributed by atoms with E-state index in [-0.39, 0.29) is 34.4 Å². The lowest BCUT2D eigenvalue weighted by atomic mass is 9.87. The minimum absolute atomic E-state index is 0.0362. The first-order chi connectivity index (χ1) is 27.8. The Bertz CT molecular complexity index is 2370. The number of nitrogens with zero attached hydrogens (tertiary/aromatic N) is 6. The molecule has 1 amide bonds. The molecule has 1 fully saturated rings. The van der Waals surface area contributed by atoms with E-state index < -0.39 is 10.0 Å². The number of benzene rings is 2. The molecule has 3 aromatic heterocycles. The highest BCUT2D eigenvalue weighted by molar-refractivity contribution is 7.89. The fourth-order valence-electron chi connectivity index (χ4n) is 6.78. The lowest BCUT2D eigenvalue weighted by Gasteiger charge is -2.34. The third kappa shape index (κ3) is 12.1. The molecule has 16 heteroatoms. The zero-order valence-electron chi connectivity index (χ0n) is 35.5. The molecule has 5 aromatic rings. The van der Waals surface area contributed by atoms with Gasteiger partial charge >= 0.3 is 5.69 Å². The number of carbonyl (C=O) groups excluding carboxylic acids is 1. The van der Waals surface area contributed by atoms with Crippen molar-refractivity contribution < 1.29 is 13.2 Å². The van der Waals surface area contributed by atoms with Crippen LogP contribution < -0.4 is 27.8 Å². The van der Waals surface area contributed by atoms with E-state index in [1.54, 1.807) is 40.8 Å². The molecule has 0 bridgehead atoms. The van der Waals surface area contributed by atoms with Gasteiger partial charge in [-0.15, -0.1) is 0 Å². The summed E-state index contributed by atoms with van der Waals surface area (Å²) in [4.78, 5) is 36.4. The number of aromatic nitrogens is 5. The summed E-state index contributed by atoms with van der Waals surface area (Å²) in [5, 5.41) is 11.4. The first-order valence-electron chi connectivity index (χ1n) is 20.2. The maximum Gasteiger partial charge on any atom is 0.354 e. The van der Waals surface area contributed by atoms with Crippen LogP contribution in [0.1, 0.15) is 94.5 Å². The number of guanidine groups is 1. The summed E-state index contributed by atoms with van der Waals surface area (Å²) in [5.41, 5.74) is 14.7. The van der Waals surface area contributed by atoms with Crippen molar-refractivity contribution in [3.63, 3.8) is 0 Å². The van der Waals surface area contributed by atoms with E-state index in [4.69, 9.17) is 11.5 Å². The number of hydrogen-bond acceptors (Lipinski definition) is 8. The number of fused-ring (bicyclic) bond motifs is 1. The Labute approximate surface area is 347 Å². The fourth-order valence-corrected chi connectivity index (χ4v) is 8.55. The maximum atomic E-state index is 13.6. The zero-order chi connectivity index (χ0) is 43.0. The third-order valence-electron chi connectivity index (χ3n) is 10.2. The number of sulfonamides is 1. The van der Waals surface area contributed by atoms with Crippen LogP contribution in [-0.4, -0.2) is 87.7 Å². The van der Waals surface area contributed by atoms with Crippen molar-refractivity contribution in [2.45, 2.75) is 102 Å². The Morgan fingerprint density at radius 1 is 0.983 bits per heavy atom. The lowest BCUT2D eigenvalue weighted by molar-refractivity contribution is 0.0953. The molecule has 0 aliphatic carbocycles. The van der Waals surface area contributed by atoms with Gasteiger partial charge in [0.2, 0.25) is 10.0 Å². The number of nitrogens with two attached hydrogens (primary N) is 2. The van der Waals surface area contributed by atoms with Gasteiger partial charge in [0.15, 0.2) is 5.96 Å². The van der Waals surface area contributed by atoms with E-state index in [0.29, 0.717) is 54.4 Å². The Kier molecular flexibility index (Phi) is 14.5.